The van der Waals surface area contributed by atoms with Crippen LogP contribution < -0.4 is 0 Å². The van der Waals surface area contributed by atoms with Gasteiger partial charge >= 0.3 is 6.03 Å². The quantitative estimate of drug-likeness (QED) is 0.610. The van der Waals surface area contributed by atoms with E-state index in [4.69, 9.17) is 0 Å². The van der Waals surface area contributed by atoms with Crippen LogP contribution >= 0.6 is 11.8 Å². The van der Waals surface area contributed by atoms with Gasteiger partial charge in [0.05, 0.1) is 0 Å². The standard InChI is InChI=1S/C11H18N4OS/c1-6-7-17-10-12-9(8(2)3)13-15(10)11(16)14(4)5/h6,8H,1,7H2,2-5H3. The van der Waals surface area contributed by atoms with E-state index in [1.165, 1.54) is 21.3 Å². The molecule has 94 valence electrons. The van der Waals surface area contributed by atoms with Crippen molar-refractivity contribution in [1.29, 1.82) is 0 Å². The smallest absolute Gasteiger partial charge is 0.329 e. The molecule has 0 fully saturated rings. The van der Waals surface area contributed by atoms with Crippen LogP contribution in [0.3, 0.4) is 0 Å². The molecule has 6 heteroatoms. The van der Waals surface area contributed by atoms with Crippen LogP contribution in [-0.2, 0) is 0 Å². The summed E-state index contributed by atoms with van der Waals surface area (Å²) >= 11 is 1.45. The number of carbonyl (C=O) groups excluding carboxylic acids is 1. The summed E-state index contributed by atoms with van der Waals surface area (Å²) in [6.45, 7) is 7.66. The Morgan fingerprint density at radius 1 is 1.59 bits per heavy atom. The van der Waals surface area contributed by atoms with Gasteiger partial charge < -0.3 is 4.90 Å². The fraction of sp³-hybridized carbons (Fsp3) is 0.545. The van der Waals surface area contributed by atoms with Crippen LogP contribution in [0.1, 0.15) is 25.6 Å². The summed E-state index contributed by atoms with van der Waals surface area (Å²) in [5.41, 5.74) is 0. The first-order valence-corrected chi connectivity index (χ1v) is 6.38. The third-order valence-corrected chi connectivity index (χ3v) is 2.93. The van der Waals surface area contributed by atoms with Crippen LogP contribution in [0.25, 0.3) is 0 Å². The zero-order chi connectivity index (χ0) is 13.0. The molecule has 0 spiro atoms. The van der Waals surface area contributed by atoms with Gasteiger partial charge in [-0.05, 0) is 0 Å². The number of hydrogen-bond donors (Lipinski definition) is 0. The molecule has 1 rings (SSSR count). The van der Waals surface area contributed by atoms with Crippen molar-refractivity contribution in [3.63, 3.8) is 0 Å². The highest BCUT2D eigenvalue weighted by Crippen LogP contribution is 2.19. The highest BCUT2D eigenvalue weighted by molar-refractivity contribution is 7.99. The van der Waals surface area contributed by atoms with Crippen molar-refractivity contribution in [3.8, 4) is 0 Å². The molecule has 0 bridgehead atoms. The van der Waals surface area contributed by atoms with Crippen LogP contribution in [-0.4, -0.2) is 45.5 Å². The maximum absolute atomic E-state index is 11.9. The van der Waals surface area contributed by atoms with Gasteiger partial charge in [0.1, 0.15) is 0 Å². The molecule has 0 aromatic carbocycles. The molecule has 0 saturated heterocycles. The molecule has 1 amide bonds. The first-order chi connectivity index (χ1) is 7.97. The lowest BCUT2D eigenvalue weighted by Crippen LogP contribution is -2.28. The van der Waals surface area contributed by atoms with Crippen LogP contribution in [0.5, 0.6) is 0 Å². The molecule has 0 atom stereocenters. The van der Waals surface area contributed by atoms with Crippen molar-refractivity contribution in [1.82, 2.24) is 19.7 Å². The zero-order valence-corrected chi connectivity index (χ0v) is 11.5. The fourth-order valence-electron chi connectivity index (χ4n) is 1.10. The Bertz CT molecular complexity index is 412. The Morgan fingerprint density at radius 2 is 2.24 bits per heavy atom. The molecule has 1 aromatic heterocycles. The van der Waals surface area contributed by atoms with Crippen LogP contribution in [0.4, 0.5) is 4.79 Å². The Kier molecular flexibility index (Phi) is 4.74. The first kappa shape index (κ1) is 13.8. The molecular formula is C11H18N4OS. The van der Waals surface area contributed by atoms with E-state index in [0.717, 1.165) is 0 Å². The van der Waals surface area contributed by atoms with E-state index >= 15 is 0 Å². The van der Waals surface area contributed by atoms with Gasteiger partial charge in [0.15, 0.2) is 11.0 Å². The Labute approximate surface area is 106 Å². The number of rotatable bonds is 4. The van der Waals surface area contributed by atoms with Gasteiger partial charge in [-0.25, -0.2) is 9.78 Å². The summed E-state index contributed by atoms with van der Waals surface area (Å²) in [5, 5.41) is 4.86. The number of thioether (sulfide) groups is 1. The minimum Gasteiger partial charge on any atom is -0.329 e. The molecule has 0 aliphatic rings. The molecule has 1 aromatic rings. The van der Waals surface area contributed by atoms with Crippen molar-refractivity contribution >= 4 is 17.8 Å². The highest BCUT2D eigenvalue weighted by Gasteiger charge is 2.18. The summed E-state index contributed by atoms with van der Waals surface area (Å²) in [7, 11) is 3.39. The van der Waals surface area contributed by atoms with E-state index in [-0.39, 0.29) is 11.9 Å². The van der Waals surface area contributed by atoms with E-state index in [2.05, 4.69) is 16.7 Å². The summed E-state index contributed by atoms with van der Waals surface area (Å²) in [5.74, 6) is 1.60. The van der Waals surface area contributed by atoms with Crippen molar-refractivity contribution in [2.24, 2.45) is 0 Å². The molecule has 0 saturated carbocycles. The van der Waals surface area contributed by atoms with Gasteiger partial charge in [-0.2, -0.15) is 4.68 Å². The lowest BCUT2D eigenvalue weighted by molar-refractivity contribution is 0.213. The maximum Gasteiger partial charge on any atom is 0.346 e. The molecule has 17 heavy (non-hydrogen) atoms. The number of carbonyl (C=O) groups is 1. The Hall–Kier alpha value is -1.30. The van der Waals surface area contributed by atoms with E-state index in [1.54, 1.807) is 20.2 Å². The lowest BCUT2D eigenvalue weighted by Gasteiger charge is -2.10. The number of hydrogen-bond acceptors (Lipinski definition) is 4. The molecule has 1 heterocycles. The average Bonchev–Trinajstić information content (AvgIpc) is 2.69. The summed E-state index contributed by atoms with van der Waals surface area (Å²) in [6, 6.07) is -0.184. The molecule has 0 radical (unpaired) electrons. The van der Waals surface area contributed by atoms with Gasteiger partial charge in [0, 0.05) is 25.8 Å². The van der Waals surface area contributed by atoms with Crippen LogP contribution in [0, 0.1) is 0 Å². The Balaban J connectivity index is 3.07. The van der Waals surface area contributed by atoms with Gasteiger partial charge in [-0.3, -0.25) is 0 Å². The summed E-state index contributed by atoms with van der Waals surface area (Å²) < 4.78 is 1.35. The minimum absolute atomic E-state index is 0.184. The van der Waals surface area contributed by atoms with Crippen molar-refractivity contribution < 1.29 is 4.79 Å². The lowest BCUT2D eigenvalue weighted by atomic mass is 10.2. The van der Waals surface area contributed by atoms with E-state index < -0.39 is 0 Å². The largest absolute Gasteiger partial charge is 0.346 e. The van der Waals surface area contributed by atoms with Gasteiger partial charge in [-0.15, -0.1) is 11.7 Å². The van der Waals surface area contributed by atoms with Crippen LogP contribution in [0.2, 0.25) is 0 Å². The van der Waals surface area contributed by atoms with Crippen molar-refractivity contribution in [3.05, 3.63) is 18.5 Å². The molecule has 0 aliphatic carbocycles. The molecule has 0 N–H and O–H groups in total. The van der Waals surface area contributed by atoms with Crippen molar-refractivity contribution in [2.45, 2.75) is 24.9 Å². The topological polar surface area (TPSA) is 51.0 Å². The maximum atomic E-state index is 11.9. The second kappa shape index (κ2) is 5.86. The summed E-state index contributed by atoms with van der Waals surface area (Å²) in [4.78, 5) is 17.8. The summed E-state index contributed by atoms with van der Waals surface area (Å²) in [6.07, 6.45) is 1.78. The molecule has 0 aliphatic heterocycles. The molecule has 5 nitrogen and oxygen atoms in total. The SMILES string of the molecule is C=CCSc1nc(C(C)C)nn1C(=O)N(C)C. The third kappa shape index (κ3) is 3.33. The normalized spacial score (nSPS) is 10.6. The number of aromatic nitrogens is 3. The molecular weight excluding hydrogens is 236 g/mol. The Morgan fingerprint density at radius 3 is 2.71 bits per heavy atom. The first-order valence-electron chi connectivity index (χ1n) is 5.39. The second-order valence-corrected chi connectivity index (χ2v) is 5.08. The molecule has 0 unspecified atom stereocenters. The minimum atomic E-state index is -0.184. The van der Waals surface area contributed by atoms with Gasteiger partial charge in [0.2, 0.25) is 0 Å². The average molecular weight is 254 g/mol. The second-order valence-electron chi connectivity index (χ2n) is 4.10. The highest BCUT2D eigenvalue weighted by atomic mass is 32.2. The monoisotopic (exact) mass is 254 g/mol. The van der Waals surface area contributed by atoms with Crippen molar-refractivity contribution in [2.75, 3.05) is 19.8 Å². The van der Waals surface area contributed by atoms with Gasteiger partial charge in [-0.1, -0.05) is 31.7 Å². The van der Waals surface area contributed by atoms with E-state index in [9.17, 15) is 4.79 Å². The zero-order valence-electron chi connectivity index (χ0n) is 10.7. The van der Waals surface area contributed by atoms with Crippen LogP contribution in [0.15, 0.2) is 17.8 Å². The predicted molar refractivity (Wildman–Crippen MR) is 69.5 cm³/mol. The number of amides is 1. The van der Waals surface area contributed by atoms with E-state index in [0.29, 0.717) is 16.7 Å². The van der Waals surface area contributed by atoms with E-state index in [1.807, 2.05) is 13.8 Å². The number of nitrogens with zero attached hydrogens (tertiary/aromatic N) is 4. The third-order valence-electron chi connectivity index (χ3n) is 2.00. The predicted octanol–water partition coefficient (Wildman–Crippen LogP) is 2.21. The fourth-order valence-corrected chi connectivity index (χ4v) is 1.76. The van der Waals surface area contributed by atoms with Gasteiger partial charge in [0.25, 0.3) is 0 Å².